The first-order valence-corrected chi connectivity index (χ1v) is 8.17. The van der Waals surface area contributed by atoms with E-state index in [0.717, 1.165) is 29.3 Å². The van der Waals surface area contributed by atoms with Gasteiger partial charge in [-0.25, -0.2) is 4.99 Å². The van der Waals surface area contributed by atoms with Crippen LogP contribution >= 0.6 is 11.8 Å². The monoisotopic (exact) mass is 313 g/mol. The van der Waals surface area contributed by atoms with E-state index in [2.05, 4.69) is 9.98 Å². The number of aliphatic imine (C=N–C) groups is 2. The van der Waals surface area contributed by atoms with Crippen LogP contribution in [0.5, 0.6) is 0 Å². The van der Waals surface area contributed by atoms with Gasteiger partial charge in [0.15, 0.2) is 0 Å². The zero-order chi connectivity index (χ0) is 14.9. The first kappa shape index (κ1) is 13.7. The molecular weight excluding hydrogens is 298 g/mol. The van der Waals surface area contributed by atoms with Gasteiger partial charge >= 0.3 is 0 Å². The zero-order valence-corrected chi connectivity index (χ0v) is 12.8. The summed E-state index contributed by atoms with van der Waals surface area (Å²) in [5.74, 6) is 0.0820. The Morgan fingerprint density at radius 2 is 1.91 bits per heavy atom. The normalized spacial score (nSPS) is 24.5. The van der Waals surface area contributed by atoms with E-state index in [1.807, 2.05) is 40.6 Å². The molecule has 3 aliphatic heterocycles. The van der Waals surface area contributed by atoms with Crippen LogP contribution in [0.25, 0.3) is 5.57 Å². The topological polar surface area (TPSA) is 54.3 Å². The van der Waals surface area contributed by atoms with E-state index in [4.69, 9.17) is 4.74 Å². The molecule has 1 aromatic rings. The van der Waals surface area contributed by atoms with Crippen LogP contribution in [0.4, 0.5) is 0 Å². The van der Waals surface area contributed by atoms with E-state index < -0.39 is 0 Å². The maximum atomic E-state index is 12.5. The number of benzene rings is 1. The number of morpholine rings is 1. The molecule has 0 radical (unpaired) electrons. The third-order valence-corrected chi connectivity index (χ3v) is 4.87. The maximum absolute atomic E-state index is 12.5. The lowest BCUT2D eigenvalue weighted by atomic mass is 9.94. The average Bonchev–Trinajstić information content (AvgIpc) is 3.01. The third-order valence-electron chi connectivity index (χ3n) is 3.93. The fourth-order valence-electron chi connectivity index (χ4n) is 2.78. The van der Waals surface area contributed by atoms with Crippen LogP contribution < -0.4 is 0 Å². The largest absolute Gasteiger partial charge is 0.378 e. The van der Waals surface area contributed by atoms with Crippen molar-refractivity contribution in [1.29, 1.82) is 0 Å². The third kappa shape index (κ3) is 2.38. The molecule has 112 valence electrons. The fourth-order valence-corrected chi connectivity index (χ4v) is 3.80. The smallest absolute Gasteiger partial charge is 0.263 e. The molecule has 0 N–H and O–H groups in total. The van der Waals surface area contributed by atoms with E-state index in [-0.39, 0.29) is 11.8 Å². The Bertz CT molecular complexity index is 691. The van der Waals surface area contributed by atoms with Crippen molar-refractivity contribution in [3.8, 4) is 0 Å². The minimum absolute atomic E-state index is 0.119. The molecule has 4 rings (SSSR count). The second kappa shape index (κ2) is 5.70. The van der Waals surface area contributed by atoms with Crippen LogP contribution in [0.15, 0.2) is 45.7 Å². The summed E-state index contributed by atoms with van der Waals surface area (Å²) in [5.41, 5.74) is 2.06. The molecule has 1 fully saturated rings. The Hall–Kier alpha value is -1.92. The average molecular weight is 313 g/mol. The van der Waals surface area contributed by atoms with E-state index >= 15 is 0 Å². The minimum atomic E-state index is -0.336. The van der Waals surface area contributed by atoms with Crippen LogP contribution in [0.1, 0.15) is 5.56 Å². The number of thioether (sulfide) groups is 1. The number of carbonyl (C=O) groups is 1. The van der Waals surface area contributed by atoms with Gasteiger partial charge in [0.25, 0.3) is 5.91 Å². The SMILES string of the molecule is O=C1N=C(N2CCOCC2)N=C2SC=C(c3ccccc3)C12. The lowest BCUT2D eigenvalue weighted by Gasteiger charge is -2.29. The molecule has 1 unspecified atom stereocenters. The number of rotatable bonds is 1. The molecule has 3 heterocycles. The summed E-state index contributed by atoms with van der Waals surface area (Å²) in [6, 6.07) is 9.96. The van der Waals surface area contributed by atoms with Gasteiger partial charge in [0.1, 0.15) is 5.92 Å². The number of hydrogen-bond acceptors (Lipinski definition) is 5. The highest BCUT2D eigenvalue weighted by atomic mass is 32.2. The summed E-state index contributed by atoms with van der Waals surface area (Å²) in [6.45, 7) is 2.78. The summed E-state index contributed by atoms with van der Waals surface area (Å²) in [7, 11) is 0. The van der Waals surface area contributed by atoms with E-state index in [9.17, 15) is 4.79 Å². The number of ether oxygens (including phenoxy) is 1. The van der Waals surface area contributed by atoms with Crippen LogP contribution in [0.3, 0.4) is 0 Å². The molecule has 3 aliphatic rings. The first-order chi connectivity index (χ1) is 10.8. The van der Waals surface area contributed by atoms with E-state index in [1.54, 1.807) is 0 Å². The van der Waals surface area contributed by atoms with Crippen LogP contribution in [0, 0.1) is 5.92 Å². The second-order valence-electron chi connectivity index (χ2n) is 5.29. The summed E-state index contributed by atoms with van der Waals surface area (Å²) in [6.07, 6.45) is 0. The Morgan fingerprint density at radius 1 is 1.14 bits per heavy atom. The second-order valence-corrected chi connectivity index (χ2v) is 6.18. The lowest BCUT2D eigenvalue weighted by molar-refractivity contribution is -0.118. The van der Waals surface area contributed by atoms with Gasteiger partial charge in [0.05, 0.1) is 18.3 Å². The standard InChI is InChI=1S/C16H15N3O2S/c20-14-13-12(11-4-2-1-3-5-11)10-22-15(13)18-16(17-14)19-6-8-21-9-7-19/h1-5,10,13H,6-9H2. The van der Waals surface area contributed by atoms with Crippen molar-refractivity contribution in [2.24, 2.45) is 15.9 Å². The number of hydrogen-bond donors (Lipinski definition) is 0. The van der Waals surface area contributed by atoms with Gasteiger partial charge in [-0.2, -0.15) is 4.99 Å². The molecule has 1 saturated heterocycles. The van der Waals surface area contributed by atoms with Gasteiger partial charge in [-0.1, -0.05) is 42.1 Å². The van der Waals surface area contributed by atoms with Gasteiger partial charge in [-0.05, 0) is 16.5 Å². The molecule has 0 bridgehead atoms. The predicted molar refractivity (Wildman–Crippen MR) is 87.8 cm³/mol. The molecule has 6 heteroatoms. The first-order valence-electron chi connectivity index (χ1n) is 7.29. The molecule has 1 atom stereocenters. The number of carbonyl (C=O) groups excluding carboxylic acids is 1. The quantitative estimate of drug-likeness (QED) is 0.796. The number of guanidine groups is 1. The van der Waals surface area contributed by atoms with Crippen molar-refractivity contribution in [1.82, 2.24) is 4.90 Å². The Labute approximate surface area is 132 Å². The molecule has 0 saturated carbocycles. The fraction of sp³-hybridized carbons (Fsp3) is 0.312. The minimum Gasteiger partial charge on any atom is -0.378 e. The van der Waals surface area contributed by atoms with Crippen LogP contribution in [-0.4, -0.2) is 48.1 Å². The van der Waals surface area contributed by atoms with Crippen molar-refractivity contribution >= 4 is 34.2 Å². The molecular formula is C16H15N3O2S. The van der Waals surface area contributed by atoms with Gasteiger partial charge in [0.2, 0.25) is 5.96 Å². The summed E-state index contributed by atoms with van der Waals surface area (Å²) in [5, 5.41) is 2.86. The van der Waals surface area contributed by atoms with Gasteiger partial charge in [0, 0.05) is 13.1 Å². The van der Waals surface area contributed by atoms with Gasteiger partial charge in [-0.3, -0.25) is 4.79 Å². The van der Waals surface area contributed by atoms with Gasteiger partial charge < -0.3 is 9.64 Å². The Balaban J connectivity index is 1.61. The highest BCUT2D eigenvalue weighted by molar-refractivity contribution is 8.17. The molecule has 5 nitrogen and oxygen atoms in total. The van der Waals surface area contributed by atoms with E-state index in [0.29, 0.717) is 19.2 Å². The Kier molecular flexibility index (Phi) is 3.56. The molecule has 0 spiro atoms. The van der Waals surface area contributed by atoms with E-state index in [1.165, 1.54) is 11.8 Å². The molecule has 0 aromatic heterocycles. The molecule has 0 aliphatic carbocycles. The summed E-state index contributed by atoms with van der Waals surface area (Å²) < 4.78 is 5.33. The summed E-state index contributed by atoms with van der Waals surface area (Å²) >= 11 is 1.53. The van der Waals surface area contributed by atoms with Crippen LogP contribution in [0.2, 0.25) is 0 Å². The van der Waals surface area contributed by atoms with Crippen molar-refractivity contribution in [2.75, 3.05) is 26.3 Å². The molecule has 1 aromatic carbocycles. The summed E-state index contributed by atoms with van der Waals surface area (Å²) in [4.78, 5) is 23.4. The molecule has 1 amide bonds. The highest BCUT2D eigenvalue weighted by Crippen LogP contribution is 2.40. The number of amides is 1. The Morgan fingerprint density at radius 3 is 2.68 bits per heavy atom. The maximum Gasteiger partial charge on any atom is 0.263 e. The lowest BCUT2D eigenvalue weighted by Crippen LogP contribution is -2.42. The van der Waals surface area contributed by atoms with Crippen LogP contribution in [-0.2, 0) is 9.53 Å². The number of fused-ring (bicyclic) bond motifs is 1. The van der Waals surface area contributed by atoms with Gasteiger partial charge in [-0.15, -0.1) is 0 Å². The predicted octanol–water partition coefficient (Wildman–Crippen LogP) is 2.02. The highest BCUT2D eigenvalue weighted by Gasteiger charge is 2.37. The van der Waals surface area contributed by atoms with Crippen molar-refractivity contribution in [3.05, 3.63) is 41.3 Å². The number of nitrogens with zero attached hydrogens (tertiary/aromatic N) is 3. The zero-order valence-electron chi connectivity index (χ0n) is 11.9. The van der Waals surface area contributed by atoms with Crippen molar-refractivity contribution < 1.29 is 9.53 Å². The van der Waals surface area contributed by atoms with Crippen molar-refractivity contribution in [3.63, 3.8) is 0 Å². The molecule has 22 heavy (non-hydrogen) atoms. The van der Waals surface area contributed by atoms with Crippen molar-refractivity contribution in [2.45, 2.75) is 0 Å².